The molecule has 7 heteroatoms. The number of pyridine rings is 1. The van der Waals surface area contributed by atoms with Crippen molar-refractivity contribution >= 4 is 35.8 Å². The van der Waals surface area contributed by atoms with Crippen molar-refractivity contribution in [2.75, 3.05) is 50.8 Å². The van der Waals surface area contributed by atoms with Crippen LogP contribution < -0.4 is 10.2 Å². The van der Waals surface area contributed by atoms with Crippen LogP contribution in [0.25, 0.3) is 0 Å². The molecule has 2 atom stereocenters. The van der Waals surface area contributed by atoms with Gasteiger partial charge in [-0.15, -0.1) is 24.0 Å². The first kappa shape index (κ1) is 22.2. The molecular formula is C20H34IN5O. The van der Waals surface area contributed by atoms with Gasteiger partial charge in [-0.25, -0.2) is 9.98 Å². The molecule has 3 heterocycles. The van der Waals surface area contributed by atoms with E-state index < -0.39 is 0 Å². The van der Waals surface area contributed by atoms with Crippen LogP contribution in [0.15, 0.2) is 23.3 Å². The molecule has 2 fully saturated rings. The number of aromatic nitrogens is 1. The zero-order chi connectivity index (χ0) is 18.4. The fourth-order valence-corrected chi connectivity index (χ4v) is 4.04. The molecule has 0 spiro atoms. The van der Waals surface area contributed by atoms with Crippen molar-refractivity contribution in [2.45, 2.75) is 33.7 Å². The molecule has 0 radical (unpaired) electrons. The van der Waals surface area contributed by atoms with E-state index in [9.17, 15) is 0 Å². The number of piperidine rings is 1. The monoisotopic (exact) mass is 487 g/mol. The van der Waals surface area contributed by atoms with E-state index in [4.69, 9.17) is 9.73 Å². The van der Waals surface area contributed by atoms with Gasteiger partial charge in [0.15, 0.2) is 5.96 Å². The maximum absolute atomic E-state index is 5.48. The second-order valence-electron chi connectivity index (χ2n) is 7.61. The molecule has 1 aromatic rings. The number of guanidine groups is 1. The Labute approximate surface area is 180 Å². The average Bonchev–Trinajstić information content (AvgIpc) is 2.65. The normalized spacial score (nSPS) is 23.7. The van der Waals surface area contributed by atoms with Crippen LogP contribution >= 0.6 is 24.0 Å². The third-order valence-electron chi connectivity index (χ3n) is 5.08. The number of halogens is 1. The number of nitrogens with one attached hydrogen (secondary N) is 1. The summed E-state index contributed by atoms with van der Waals surface area (Å²) in [7, 11) is 0. The lowest BCUT2D eigenvalue weighted by molar-refractivity contribution is 0.122. The van der Waals surface area contributed by atoms with E-state index in [1.54, 1.807) is 0 Å². The van der Waals surface area contributed by atoms with E-state index in [1.165, 1.54) is 12.0 Å². The first-order valence-electron chi connectivity index (χ1n) is 9.97. The Morgan fingerprint density at radius 2 is 1.96 bits per heavy atom. The number of hydrogen-bond acceptors (Lipinski definition) is 4. The minimum Gasteiger partial charge on any atom is -0.378 e. The lowest BCUT2D eigenvalue weighted by atomic mass is 9.92. The molecule has 0 aromatic carbocycles. The molecular weight excluding hydrogens is 453 g/mol. The average molecular weight is 487 g/mol. The third-order valence-corrected chi connectivity index (χ3v) is 5.08. The molecule has 0 aliphatic carbocycles. The molecule has 2 aliphatic heterocycles. The number of nitrogens with zero attached hydrogens (tertiary/aromatic N) is 4. The highest BCUT2D eigenvalue weighted by atomic mass is 127. The van der Waals surface area contributed by atoms with Crippen molar-refractivity contribution in [3.8, 4) is 0 Å². The van der Waals surface area contributed by atoms with Gasteiger partial charge in [0, 0.05) is 44.5 Å². The molecule has 0 amide bonds. The predicted molar refractivity (Wildman–Crippen MR) is 122 cm³/mol. The predicted octanol–water partition coefficient (Wildman–Crippen LogP) is 2.98. The minimum atomic E-state index is 0. The molecule has 2 aliphatic rings. The Balaban J connectivity index is 0.00000261. The summed E-state index contributed by atoms with van der Waals surface area (Å²) in [6.45, 7) is 13.9. The van der Waals surface area contributed by atoms with Crippen molar-refractivity contribution in [3.63, 3.8) is 0 Å². The van der Waals surface area contributed by atoms with Crippen LogP contribution in [0, 0.1) is 11.8 Å². The number of likely N-dealkylation sites (tertiary alicyclic amines) is 1. The second kappa shape index (κ2) is 11.0. The number of anilines is 1. The van der Waals surface area contributed by atoms with Crippen LogP contribution in [0.5, 0.6) is 0 Å². The number of aliphatic imine (C=N–C) groups is 1. The van der Waals surface area contributed by atoms with Crippen molar-refractivity contribution in [2.24, 2.45) is 16.8 Å². The van der Waals surface area contributed by atoms with E-state index in [2.05, 4.69) is 46.9 Å². The van der Waals surface area contributed by atoms with Gasteiger partial charge in [-0.1, -0.05) is 19.9 Å². The largest absolute Gasteiger partial charge is 0.378 e. The van der Waals surface area contributed by atoms with Crippen molar-refractivity contribution in [3.05, 3.63) is 23.9 Å². The molecule has 1 aromatic heterocycles. The number of hydrogen-bond donors (Lipinski definition) is 1. The summed E-state index contributed by atoms with van der Waals surface area (Å²) in [6, 6.07) is 4.15. The van der Waals surface area contributed by atoms with E-state index in [-0.39, 0.29) is 24.0 Å². The molecule has 6 nitrogen and oxygen atoms in total. The lowest BCUT2D eigenvalue weighted by Crippen LogP contribution is -2.48. The standard InChI is InChI=1S/C20H33N5O.HI/c1-4-21-20(25-14-16(2)12-17(3)15-25)23-13-18-6-5-7-22-19(18)24-8-10-26-11-9-24;/h5-7,16-17H,4,8-15H2,1-3H3,(H,21,23);1H. The van der Waals surface area contributed by atoms with Crippen LogP contribution in [0.2, 0.25) is 0 Å². The Kier molecular flexibility index (Phi) is 9.08. The summed E-state index contributed by atoms with van der Waals surface area (Å²) in [5.41, 5.74) is 1.18. The zero-order valence-corrected chi connectivity index (χ0v) is 19.2. The highest BCUT2D eigenvalue weighted by Crippen LogP contribution is 2.22. The van der Waals surface area contributed by atoms with E-state index in [1.807, 2.05) is 12.3 Å². The van der Waals surface area contributed by atoms with Gasteiger partial charge in [0.1, 0.15) is 5.82 Å². The third kappa shape index (κ3) is 6.20. The van der Waals surface area contributed by atoms with Crippen molar-refractivity contribution < 1.29 is 4.74 Å². The van der Waals surface area contributed by atoms with Gasteiger partial charge in [0.25, 0.3) is 0 Å². The maximum atomic E-state index is 5.48. The Hall–Kier alpha value is -1.09. The van der Waals surface area contributed by atoms with Crippen LogP contribution in [-0.4, -0.2) is 61.8 Å². The SMILES string of the molecule is CCNC(=NCc1cccnc1N1CCOCC1)N1CC(C)CC(C)C1.I. The van der Waals surface area contributed by atoms with Gasteiger partial charge in [-0.05, 0) is 31.2 Å². The zero-order valence-electron chi connectivity index (χ0n) is 16.9. The maximum Gasteiger partial charge on any atom is 0.194 e. The van der Waals surface area contributed by atoms with Crippen molar-refractivity contribution in [1.82, 2.24) is 15.2 Å². The van der Waals surface area contributed by atoms with Crippen LogP contribution in [0.3, 0.4) is 0 Å². The van der Waals surface area contributed by atoms with Gasteiger partial charge < -0.3 is 19.9 Å². The molecule has 2 saturated heterocycles. The van der Waals surface area contributed by atoms with Crippen molar-refractivity contribution in [1.29, 1.82) is 0 Å². The summed E-state index contributed by atoms with van der Waals surface area (Å²) >= 11 is 0. The first-order chi connectivity index (χ1) is 12.7. The quantitative estimate of drug-likeness (QED) is 0.402. The van der Waals surface area contributed by atoms with Crippen LogP contribution in [0.1, 0.15) is 32.8 Å². The van der Waals surface area contributed by atoms with Crippen LogP contribution in [0.4, 0.5) is 5.82 Å². The number of morpholine rings is 1. The fourth-order valence-electron chi connectivity index (χ4n) is 4.04. The lowest BCUT2D eigenvalue weighted by Gasteiger charge is -2.37. The fraction of sp³-hybridized carbons (Fsp3) is 0.700. The van der Waals surface area contributed by atoms with Gasteiger partial charge in [0.2, 0.25) is 0 Å². The molecule has 0 saturated carbocycles. The van der Waals surface area contributed by atoms with E-state index >= 15 is 0 Å². The molecule has 3 rings (SSSR count). The van der Waals surface area contributed by atoms with Gasteiger partial charge in [-0.2, -0.15) is 0 Å². The Morgan fingerprint density at radius 3 is 2.63 bits per heavy atom. The molecule has 1 N–H and O–H groups in total. The van der Waals surface area contributed by atoms with Gasteiger partial charge in [-0.3, -0.25) is 0 Å². The summed E-state index contributed by atoms with van der Waals surface area (Å²) in [5, 5.41) is 3.48. The summed E-state index contributed by atoms with van der Waals surface area (Å²) in [4.78, 5) is 14.3. The topological polar surface area (TPSA) is 53.0 Å². The van der Waals surface area contributed by atoms with Crippen LogP contribution in [-0.2, 0) is 11.3 Å². The smallest absolute Gasteiger partial charge is 0.194 e. The van der Waals surface area contributed by atoms with E-state index in [0.29, 0.717) is 18.4 Å². The second-order valence-corrected chi connectivity index (χ2v) is 7.61. The van der Waals surface area contributed by atoms with Gasteiger partial charge >= 0.3 is 0 Å². The molecule has 0 bridgehead atoms. The molecule has 152 valence electrons. The minimum absolute atomic E-state index is 0. The number of rotatable bonds is 4. The van der Waals surface area contributed by atoms with E-state index in [0.717, 1.165) is 57.7 Å². The summed E-state index contributed by atoms with van der Waals surface area (Å²) in [6.07, 6.45) is 3.18. The highest BCUT2D eigenvalue weighted by molar-refractivity contribution is 14.0. The Morgan fingerprint density at radius 1 is 1.26 bits per heavy atom. The number of ether oxygens (including phenoxy) is 1. The summed E-state index contributed by atoms with van der Waals surface area (Å²) in [5.74, 6) is 3.51. The molecule has 2 unspecified atom stereocenters. The summed E-state index contributed by atoms with van der Waals surface area (Å²) < 4.78 is 5.48. The molecule has 27 heavy (non-hydrogen) atoms. The van der Waals surface area contributed by atoms with Gasteiger partial charge in [0.05, 0.1) is 19.8 Å². The first-order valence-corrected chi connectivity index (χ1v) is 9.97. The Bertz CT molecular complexity index is 596. The highest BCUT2D eigenvalue weighted by Gasteiger charge is 2.24.